The normalized spacial score (nSPS) is 18.1. The first kappa shape index (κ1) is 13.4. The Morgan fingerprint density at radius 1 is 1.22 bits per heavy atom. The molecule has 1 saturated carbocycles. The highest BCUT2D eigenvalue weighted by molar-refractivity contribution is 5.58. The maximum absolute atomic E-state index is 9.63. The molecule has 0 bridgehead atoms. The molecule has 1 aliphatic carbocycles. The average molecular weight is 244 g/mol. The molecule has 18 heavy (non-hydrogen) atoms. The van der Waals surface area contributed by atoms with Crippen LogP contribution in [-0.4, -0.2) is 11.7 Å². The summed E-state index contributed by atoms with van der Waals surface area (Å²) in [5.41, 5.74) is 5.07. The Kier molecular flexibility index (Phi) is 4.60. The van der Waals surface area contributed by atoms with Gasteiger partial charge in [0.05, 0.1) is 6.61 Å². The molecule has 0 atom stereocenters. The van der Waals surface area contributed by atoms with E-state index in [4.69, 9.17) is 0 Å². The maximum atomic E-state index is 9.63. The van der Waals surface area contributed by atoms with Crippen molar-refractivity contribution in [3.05, 3.63) is 40.5 Å². The van der Waals surface area contributed by atoms with E-state index < -0.39 is 0 Å². The first-order valence-corrected chi connectivity index (χ1v) is 7.09. The lowest BCUT2D eigenvalue weighted by Crippen LogP contribution is -2.11. The van der Waals surface area contributed by atoms with Crippen molar-refractivity contribution in [3.8, 4) is 0 Å². The van der Waals surface area contributed by atoms with Crippen molar-refractivity contribution in [3.63, 3.8) is 0 Å². The first-order valence-electron chi connectivity index (χ1n) is 7.09. The van der Waals surface area contributed by atoms with Crippen molar-refractivity contribution in [1.29, 1.82) is 0 Å². The molecule has 0 heterocycles. The first-order chi connectivity index (χ1) is 8.70. The minimum absolute atomic E-state index is 0.206. The topological polar surface area (TPSA) is 20.2 Å². The van der Waals surface area contributed by atoms with Gasteiger partial charge in [-0.1, -0.05) is 49.1 Å². The molecule has 0 amide bonds. The highest BCUT2D eigenvalue weighted by Gasteiger charge is 2.17. The lowest BCUT2D eigenvalue weighted by molar-refractivity contribution is 0.295. The lowest BCUT2D eigenvalue weighted by atomic mass is 9.83. The third-order valence-corrected chi connectivity index (χ3v) is 4.09. The van der Waals surface area contributed by atoms with Crippen molar-refractivity contribution in [2.45, 2.75) is 46.0 Å². The standard InChI is InChI=1S/C17H24O/c1-13-8-9-14(2)16(10-13)11-17(12-18)15-6-4-3-5-7-15/h8-11,15,18H,3-7,12H2,1-2H3. The highest BCUT2D eigenvalue weighted by atomic mass is 16.3. The number of benzene rings is 1. The minimum Gasteiger partial charge on any atom is -0.392 e. The Bertz CT molecular complexity index is 425. The second-order valence-corrected chi connectivity index (χ2v) is 5.57. The summed E-state index contributed by atoms with van der Waals surface area (Å²) in [5, 5.41) is 9.63. The number of aryl methyl sites for hydroxylation is 2. The summed E-state index contributed by atoms with van der Waals surface area (Å²) >= 11 is 0. The number of aliphatic hydroxyl groups excluding tert-OH is 1. The van der Waals surface area contributed by atoms with E-state index in [0.29, 0.717) is 5.92 Å². The summed E-state index contributed by atoms with van der Waals surface area (Å²) in [6.07, 6.45) is 8.70. The molecule has 0 saturated heterocycles. The third kappa shape index (κ3) is 3.23. The van der Waals surface area contributed by atoms with Crippen LogP contribution in [0.1, 0.15) is 48.8 Å². The van der Waals surface area contributed by atoms with E-state index in [1.54, 1.807) is 0 Å². The van der Waals surface area contributed by atoms with E-state index in [1.165, 1.54) is 54.4 Å². The van der Waals surface area contributed by atoms with Gasteiger partial charge in [0.15, 0.2) is 0 Å². The molecule has 98 valence electrons. The number of hydrogen-bond donors (Lipinski definition) is 1. The summed E-state index contributed by atoms with van der Waals surface area (Å²) < 4.78 is 0. The van der Waals surface area contributed by atoms with Gasteiger partial charge in [0, 0.05) is 0 Å². The van der Waals surface area contributed by atoms with Crippen LogP contribution in [0.15, 0.2) is 23.8 Å². The van der Waals surface area contributed by atoms with Crippen LogP contribution in [0.3, 0.4) is 0 Å². The molecule has 0 spiro atoms. The zero-order valence-corrected chi connectivity index (χ0v) is 11.6. The smallest absolute Gasteiger partial charge is 0.0647 e. The quantitative estimate of drug-likeness (QED) is 0.842. The Balaban J connectivity index is 2.24. The second kappa shape index (κ2) is 6.19. The van der Waals surface area contributed by atoms with Gasteiger partial charge in [0.25, 0.3) is 0 Å². The van der Waals surface area contributed by atoms with Crippen LogP contribution in [0.4, 0.5) is 0 Å². The van der Waals surface area contributed by atoms with Crippen LogP contribution in [0.25, 0.3) is 6.08 Å². The molecule has 0 aromatic heterocycles. The minimum atomic E-state index is 0.206. The average Bonchev–Trinajstić information content (AvgIpc) is 2.41. The van der Waals surface area contributed by atoms with Crippen molar-refractivity contribution in [2.24, 2.45) is 5.92 Å². The number of rotatable bonds is 3. The molecule has 1 nitrogen and oxygen atoms in total. The van der Waals surface area contributed by atoms with Crippen LogP contribution in [0.2, 0.25) is 0 Å². The Labute approximate surface area is 111 Å². The molecule has 0 radical (unpaired) electrons. The molecule has 2 rings (SSSR count). The van der Waals surface area contributed by atoms with Crippen molar-refractivity contribution >= 4 is 6.08 Å². The Morgan fingerprint density at radius 2 is 1.94 bits per heavy atom. The van der Waals surface area contributed by atoms with Gasteiger partial charge < -0.3 is 5.11 Å². The summed E-state index contributed by atoms with van der Waals surface area (Å²) in [4.78, 5) is 0. The van der Waals surface area contributed by atoms with Gasteiger partial charge in [-0.2, -0.15) is 0 Å². The van der Waals surface area contributed by atoms with Crippen molar-refractivity contribution in [1.82, 2.24) is 0 Å². The van der Waals surface area contributed by atoms with Crippen LogP contribution in [0, 0.1) is 19.8 Å². The molecule has 1 aliphatic rings. The molecule has 1 heteroatoms. The maximum Gasteiger partial charge on any atom is 0.0647 e. The van der Waals surface area contributed by atoms with Crippen LogP contribution in [0.5, 0.6) is 0 Å². The predicted octanol–water partition coefficient (Wildman–Crippen LogP) is 4.26. The molecule has 0 unspecified atom stereocenters. The largest absolute Gasteiger partial charge is 0.392 e. The van der Waals surface area contributed by atoms with E-state index in [2.05, 4.69) is 38.1 Å². The molecular formula is C17H24O. The van der Waals surface area contributed by atoms with Gasteiger partial charge in [-0.3, -0.25) is 0 Å². The predicted molar refractivity (Wildman–Crippen MR) is 77.6 cm³/mol. The van der Waals surface area contributed by atoms with E-state index in [1.807, 2.05) is 0 Å². The van der Waals surface area contributed by atoms with E-state index in [0.717, 1.165) is 0 Å². The summed E-state index contributed by atoms with van der Waals surface area (Å²) in [6, 6.07) is 6.52. The van der Waals surface area contributed by atoms with Gasteiger partial charge in [0.1, 0.15) is 0 Å². The fourth-order valence-corrected chi connectivity index (χ4v) is 2.88. The van der Waals surface area contributed by atoms with Crippen molar-refractivity contribution in [2.75, 3.05) is 6.61 Å². The summed E-state index contributed by atoms with van der Waals surface area (Å²) in [6.45, 7) is 4.47. The van der Waals surface area contributed by atoms with Crippen LogP contribution in [-0.2, 0) is 0 Å². The Morgan fingerprint density at radius 3 is 2.61 bits per heavy atom. The fraction of sp³-hybridized carbons (Fsp3) is 0.529. The highest BCUT2D eigenvalue weighted by Crippen LogP contribution is 2.31. The van der Waals surface area contributed by atoms with Gasteiger partial charge in [-0.05, 0) is 49.3 Å². The molecular weight excluding hydrogens is 220 g/mol. The van der Waals surface area contributed by atoms with Gasteiger partial charge >= 0.3 is 0 Å². The Hall–Kier alpha value is -1.08. The molecule has 1 N–H and O–H groups in total. The third-order valence-electron chi connectivity index (χ3n) is 4.09. The monoisotopic (exact) mass is 244 g/mol. The summed E-state index contributed by atoms with van der Waals surface area (Å²) in [7, 11) is 0. The molecule has 1 aromatic rings. The lowest BCUT2D eigenvalue weighted by Gasteiger charge is -2.23. The molecule has 1 aromatic carbocycles. The van der Waals surface area contributed by atoms with Gasteiger partial charge in [-0.25, -0.2) is 0 Å². The number of aliphatic hydroxyl groups is 1. The summed E-state index contributed by atoms with van der Waals surface area (Å²) in [5.74, 6) is 0.601. The second-order valence-electron chi connectivity index (χ2n) is 5.57. The zero-order chi connectivity index (χ0) is 13.0. The van der Waals surface area contributed by atoms with E-state index >= 15 is 0 Å². The fourth-order valence-electron chi connectivity index (χ4n) is 2.88. The van der Waals surface area contributed by atoms with Gasteiger partial charge in [0.2, 0.25) is 0 Å². The van der Waals surface area contributed by atoms with E-state index in [9.17, 15) is 5.11 Å². The van der Waals surface area contributed by atoms with Crippen LogP contribution < -0.4 is 0 Å². The molecule has 0 aliphatic heterocycles. The van der Waals surface area contributed by atoms with Crippen LogP contribution >= 0.6 is 0 Å². The van der Waals surface area contributed by atoms with E-state index in [-0.39, 0.29) is 6.61 Å². The molecule has 1 fully saturated rings. The van der Waals surface area contributed by atoms with Gasteiger partial charge in [-0.15, -0.1) is 0 Å². The van der Waals surface area contributed by atoms with Crippen molar-refractivity contribution < 1.29 is 5.11 Å². The SMILES string of the molecule is Cc1ccc(C)c(C=C(CO)C2CCCCC2)c1. The number of hydrogen-bond acceptors (Lipinski definition) is 1. The zero-order valence-electron chi connectivity index (χ0n) is 11.6.